The van der Waals surface area contributed by atoms with Crippen LogP contribution in [0.4, 0.5) is 0 Å². The summed E-state index contributed by atoms with van der Waals surface area (Å²) in [6.07, 6.45) is 1.61. The fourth-order valence-electron chi connectivity index (χ4n) is 1.08. The molecular weight excluding hydrogens is 212 g/mol. The van der Waals surface area contributed by atoms with Crippen LogP contribution in [0, 0.1) is 0 Å². The van der Waals surface area contributed by atoms with Crippen LogP contribution in [0.1, 0.15) is 5.76 Å². The Bertz CT molecular complexity index is 288. The van der Waals surface area contributed by atoms with Gasteiger partial charge in [-0.15, -0.1) is 0 Å². The van der Waals surface area contributed by atoms with E-state index >= 15 is 0 Å². The van der Waals surface area contributed by atoms with Crippen molar-refractivity contribution in [3.05, 3.63) is 24.2 Å². The van der Waals surface area contributed by atoms with Crippen LogP contribution in [-0.2, 0) is 11.3 Å². The SMILES string of the molecule is CN(Cc1ccco1)C(=O)CSCCN. The molecule has 0 aliphatic rings. The molecule has 1 aromatic rings. The van der Waals surface area contributed by atoms with Crippen LogP contribution in [0.5, 0.6) is 0 Å². The Morgan fingerprint density at radius 2 is 2.47 bits per heavy atom. The molecule has 0 atom stereocenters. The minimum absolute atomic E-state index is 0.102. The normalized spacial score (nSPS) is 10.3. The summed E-state index contributed by atoms with van der Waals surface area (Å²) in [4.78, 5) is 13.2. The summed E-state index contributed by atoms with van der Waals surface area (Å²) >= 11 is 1.56. The molecular formula is C10H16N2O2S. The number of hydrogen-bond acceptors (Lipinski definition) is 4. The van der Waals surface area contributed by atoms with Crippen LogP contribution in [-0.4, -0.2) is 35.9 Å². The largest absolute Gasteiger partial charge is 0.467 e. The van der Waals surface area contributed by atoms with Crippen molar-refractivity contribution in [1.29, 1.82) is 0 Å². The fourth-order valence-corrected chi connectivity index (χ4v) is 1.78. The predicted molar refractivity (Wildman–Crippen MR) is 61.6 cm³/mol. The van der Waals surface area contributed by atoms with Crippen LogP contribution in [0.3, 0.4) is 0 Å². The van der Waals surface area contributed by atoms with E-state index in [-0.39, 0.29) is 5.91 Å². The summed E-state index contributed by atoms with van der Waals surface area (Å²) in [6, 6.07) is 3.67. The van der Waals surface area contributed by atoms with E-state index in [4.69, 9.17) is 10.2 Å². The van der Waals surface area contributed by atoms with Gasteiger partial charge in [0.15, 0.2) is 0 Å². The van der Waals surface area contributed by atoms with Gasteiger partial charge in [-0.25, -0.2) is 0 Å². The highest BCUT2D eigenvalue weighted by molar-refractivity contribution is 7.99. The Balaban J connectivity index is 2.27. The molecule has 0 aliphatic carbocycles. The van der Waals surface area contributed by atoms with Crippen LogP contribution < -0.4 is 5.73 Å². The molecule has 0 fully saturated rings. The molecule has 5 heteroatoms. The third kappa shape index (κ3) is 4.40. The second kappa shape index (κ2) is 6.53. The molecule has 1 rings (SSSR count). The van der Waals surface area contributed by atoms with E-state index < -0.39 is 0 Å². The summed E-state index contributed by atoms with van der Waals surface area (Å²) in [7, 11) is 1.77. The first kappa shape index (κ1) is 12.1. The molecule has 1 aromatic heterocycles. The first-order valence-electron chi connectivity index (χ1n) is 4.78. The first-order chi connectivity index (χ1) is 7.24. The van der Waals surface area contributed by atoms with Crippen molar-refractivity contribution in [3.8, 4) is 0 Å². The zero-order chi connectivity index (χ0) is 11.1. The average Bonchev–Trinajstić information content (AvgIpc) is 2.70. The van der Waals surface area contributed by atoms with E-state index in [1.807, 2.05) is 12.1 Å². The van der Waals surface area contributed by atoms with Gasteiger partial charge in [-0.3, -0.25) is 4.79 Å². The van der Waals surface area contributed by atoms with E-state index in [0.29, 0.717) is 18.8 Å². The number of nitrogens with zero attached hydrogens (tertiary/aromatic N) is 1. The van der Waals surface area contributed by atoms with Crippen molar-refractivity contribution in [2.45, 2.75) is 6.54 Å². The molecule has 15 heavy (non-hydrogen) atoms. The monoisotopic (exact) mass is 228 g/mol. The van der Waals surface area contributed by atoms with Crippen molar-refractivity contribution < 1.29 is 9.21 Å². The van der Waals surface area contributed by atoms with Gasteiger partial charge in [0, 0.05) is 19.3 Å². The lowest BCUT2D eigenvalue weighted by molar-refractivity contribution is -0.127. The molecule has 0 radical (unpaired) electrons. The molecule has 1 heterocycles. The fraction of sp³-hybridized carbons (Fsp3) is 0.500. The van der Waals surface area contributed by atoms with Gasteiger partial charge in [-0.05, 0) is 12.1 Å². The van der Waals surface area contributed by atoms with Crippen LogP contribution in [0.2, 0.25) is 0 Å². The molecule has 0 bridgehead atoms. The van der Waals surface area contributed by atoms with Gasteiger partial charge in [0.05, 0.1) is 18.6 Å². The Kier molecular flexibility index (Phi) is 5.28. The number of carbonyl (C=O) groups excluding carboxylic acids is 1. The quantitative estimate of drug-likeness (QED) is 0.736. The summed E-state index contributed by atoms with van der Waals surface area (Å²) in [5.74, 6) is 2.20. The highest BCUT2D eigenvalue weighted by atomic mass is 32.2. The van der Waals surface area contributed by atoms with E-state index in [1.54, 1.807) is 30.0 Å². The lowest BCUT2D eigenvalue weighted by Crippen LogP contribution is -2.27. The summed E-state index contributed by atoms with van der Waals surface area (Å²) in [6.45, 7) is 1.13. The standard InChI is InChI=1S/C10H16N2O2S/c1-12(7-9-3-2-5-14-9)10(13)8-15-6-4-11/h2-3,5H,4,6-8,11H2,1H3. The average molecular weight is 228 g/mol. The number of hydrogen-bond donors (Lipinski definition) is 1. The molecule has 1 amide bonds. The molecule has 4 nitrogen and oxygen atoms in total. The number of carbonyl (C=O) groups is 1. The number of rotatable bonds is 6. The minimum Gasteiger partial charge on any atom is -0.467 e. The third-order valence-corrected chi connectivity index (χ3v) is 2.86. The van der Waals surface area contributed by atoms with Crippen molar-refractivity contribution in [1.82, 2.24) is 4.90 Å². The zero-order valence-electron chi connectivity index (χ0n) is 8.81. The zero-order valence-corrected chi connectivity index (χ0v) is 9.63. The summed E-state index contributed by atoms with van der Waals surface area (Å²) in [5.41, 5.74) is 5.34. The van der Waals surface area contributed by atoms with E-state index in [1.165, 1.54) is 0 Å². The molecule has 0 saturated heterocycles. The second-order valence-electron chi connectivity index (χ2n) is 3.17. The highest BCUT2D eigenvalue weighted by Gasteiger charge is 2.09. The smallest absolute Gasteiger partial charge is 0.232 e. The van der Waals surface area contributed by atoms with Crippen LogP contribution >= 0.6 is 11.8 Å². The minimum atomic E-state index is 0.102. The van der Waals surface area contributed by atoms with Gasteiger partial charge in [0.2, 0.25) is 5.91 Å². The van der Waals surface area contributed by atoms with Gasteiger partial charge >= 0.3 is 0 Å². The number of thioether (sulfide) groups is 1. The van der Waals surface area contributed by atoms with Crippen LogP contribution in [0.15, 0.2) is 22.8 Å². The van der Waals surface area contributed by atoms with Gasteiger partial charge in [-0.2, -0.15) is 11.8 Å². The van der Waals surface area contributed by atoms with E-state index in [0.717, 1.165) is 11.5 Å². The predicted octanol–water partition coefficient (Wildman–Crippen LogP) is 0.930. The Morgan fingerprint density at radius 1 is 1.67 bits per heavy atom. The van der Waals surface area contributed by atoms with E-state index in [9.17, 15) is 4.79 Å². The number of amides is 1. The molecule has 0 aliphatic heterocycles. The first-order valence-corrected chi connectivity index (χ1v) is 5.93. The Morgan fingerprint density at radius 3 is 3.07 bits per heavy atom. The molecule has 2 N–H and O–H groups in total. The highest BCUT2D eigenvalue weighted by Crippen LogP contribution is 2.06. The summed E-state index contributed by atoms with van der Waals surface area (Å²) < 4.78 is 5.16. The Hall–Kier alpha value is -0.940. The molecule has 0 aromatic carbocycles. The Labute approximate surface area is 93.8 Å². The third-order valence-electron chi connectivity index (χ3n) is 1.89. The molecule has 0 saturated carbocycles. The van der Waals surface area contributed by atoms with Crippen molar-refractivity contribution in [3.63, 3.8) is 0 Å². The van der Waals surface area contributed by atoms with E-state index in [2.05, 4.69) is 0 Å². The molecule has 0 unspecified atom stereocenters. The van der Waals surface area contributed by atoms with Gasteiger partial charge < -0.3 is 15.1 Å². The topological polar surface area (TPSA) is 59.5 Å². The van der Waals surface area contributed by atoms with Gasteiger partial charge in [0.25, 0.3) is 0 Å². The van der Waals surface area contributed by atoms with Gasteiger partial charge in [0.1, 0.15) is 5.76 Å². The number of furan rings is 1. The van der Waals surface area contributed by atoms with Crippen LogP contribution in [0.25, 0.3) is 0 Å². The lowest BCUT2D eigenvalue weighted by Gasteiger charge is -2.15. The van der Waals surface area contributed by atoms with Crippen molar-refractivity contribution in [2.75, 3.05) is 25.1 Å². The van der Waals surface area contributed by atoms with Crippen molar-refractivity contribution in [2.24, 2.45) is 5.73 Å². The van der Waals surface area contributed by atoms with Crippen molar-refractivity contribution >= 4 is 17.7 Å². The van der Waals surface area contributed by atoms with Gasteiger partial charge in [-0.1, -0.05) is 0 Å². The summed E-state index contributed by atoms with van der Waals surface area (Å²) in [5, 5.41) is 0. The lowest BCUT2D eigenvalue weighted by atomic mass is 10.4. The molecule has 84 valence electrons. The molecule has 0 spiro atoms. The number of nitrogens with two attached hydrogens (primary N) is 1. The maximum Gasteiger partial charge on any atom is 0.232 e. The maximum absolute atomic E-state index is 11.6. The maximum atomic E-state index is 11.6. The second-order valence-corrected chi connectivity index (χ2v) is 4.28.